The molecule has 1 amide bonds. The highest BCUT2D eigenvalue weighted by molar-refractivity contribution is 6.02. The molecular weight excluding hydrogens is 565 g/mol. The van der Waals surface area contributed by atoms with Crippen LogP contribution in [0.25, 0.3) is 0 Å². The number of ether oxygens (including phenoxy) is 1. The van der Waals surface area contributed by atoms with Gasteiger partial charge in [-0.2, -0.15) is 0 Å². The van der Waals surface area contributed by atoms with E-state index in [1.54, 1.807) is 24.3 Å². The number of anilines is 2. The first-order chi connectivity index (χ1) is 21.8. The second-order valence-electron chi connectivity index (χ2n) is 12.9. The molecule has 0 saturated heterocycles. The maximum absolute atomic E-state index is 15.2. The lowest BCUT2D eigenvalue weighted by molar-refractivity contribution is -0.130. The summed E-state index contributed by atoms with van der Waals surface area (Å²) in [5, 5.41) is 3.60. The van der Waals surface area contributed by atoms with Gasteiger partial charge in [-0.1, -0.05) is 74.5 Å². The molecular formula is C38H36FN3O3. The first kappa shape index (κ1) is 28.8. The summed E-state index contributed by atoms with van der Waals surface area (Å²) < 4.78 is 21.2. The molecule has 228 valence electrons. The van der Waals surface area contributed by atoms with Crippen LogP contribution < -0.4 is 15.0 Å². The summed E-state index contributed by atoms with van der Waals surface area (Å²) >= 11 is 0. The number of benzene rings is 4. The fraction of sp³-hybridized carbons (Fsp3) is 0.263. The third kappa shape index (κ3) is 5.70. The van der Waals surface area contributed by atoms with Gasteiger partial charge in [0.25, 0.3) is 0 Å². The van der Waals surface area contributed by atoms with Crippen molar-refractivity contribution < 1.29 is 18.7 Å². The van der Waals surface area contributed by atoms with E-state index in [2.05, 4.69) is 31.3 Å². The Morgan fingerprint density at radius 3 is 2.49 bits per heavy atom. The van der Waals surface area contributed by atoms with E-state index in [1.165, 1.54) is 11.6 Å². The maximum atomic E-state index is 15.2. The van der Waals surface area contributed by atoms with Crippen molar-refractivity contribution in [1.82, 2.24) is 4.90 Å². The summed E-state index contributed by atoms with van der Waals surface area (Å²) in [6, 6.07) is 29.3. The molecule has 6 nitrogen and oxygen atoms in total. The van der Waals surface area contributed by atoms with Crippen molar-refractivity contribution >= 4 is 23.1 Å². The van der Waals surface area contributed by atoms with Gasteiger partial charge in [-0.05, 0) is 71.3 Å². The fourth-order valence-electron chi connectivity index (χ4n) is 6.91. The Hall–Kier alpha value is -4.91. The van der Waals surface area contributed by atoms with Gasteiger partial charge in [0.2, 0.25) is 5.91 Å². The van der Waals surface area contributed by atoms with Gasteiger partial charge in [-0.25, -0.2) is 4.39 Å². The number of rotatable bonds is 5. The number of Topliss-reactive ketones (excluding diaryl/α,β-unsaturated/α-hetero) is 1. The second kappa shape index (κ2) is 11.5. The van der Waals surface area contributed by atoms with Gasteiger partial charge in [-0.15, -0.1) is 0 Å². The number of ketones is 1. The summed E-state index contributed by atoms with van der Waals surface area (Å²) in [7, 11) is 0. The van der Waals surface area contributed by atoms with E-state index in [-0.39, 0.29) is 29.4 Å². The average Bonchev–Trinajstić information content (AvgIpc) is 3.16. The zero-order valence-corrected chi connectivity index (χ0v) is 25.6. The zero-order valence-electron chi connectivity index (χ0n) is 25.6. The molecule has 4 aromatic rings. The first-order valence-corrected chi connectivity index (χ1v) is 15.5. The number of carbonyl (C=O) groups is 2. The third-order valence-electron chi connectivity index (χ3n) is 9.04. The van der Waals surface area contributed by atoms with Crippen molar-refractivity contribution in [1.29, 1.82) is 0 Å². The zero-order chi connectivity index (χ0) is 31.1. The lowest BCUT2D eigenvalue weighted by Gasteiger charge is -2.39. The lowest BCUT2D eigenvalue weighted by Crippen LogP contribution is -2.45. The topological polar surface area (TPSA) is 61.9 Å². The normalized spacial score (nSPS) is 18.7. The van der Waals surface area contributed by atoms with Gasteiger partial charge in [0.1, 0.15) is 5.75 Å². The molecule has 1 aliphatic carbocycles. The van der Waals surface area contributed by atoms with E-state index in [4.69, 9.17) is 4.74 Å². The van der Waals surface area contributed by atoms with Gasteiger partial charge in [0, 0.05) is 30.8 Å². The molecule has 7 rings (SSSR count). The fourth-order valence-corrected chi connectivity index (χ4v) is 6.91. The van der Waals surface area contributed by atoms with Crippen LogP contribution in [0.3, 0.4) is 0 Å². The smallest absolute Gasteiger partial charge is 0.242 e. The van der Waals surface area contributed by atoms with Crippen LogP contribution in [0.4, 0.5) is 15.8 Å². The number of amides is 1. The monoisotopic (exact) mass is 601 g/mol. The summed E-state index contributed by atoms with van der Waals surface area (Å²) in [6.45, 7) is 5.41. The van der Waals surface area contributed by atoms with Crippen molar-refractivity contribution in [2.45, 2.75) is 45.7 Å². The molecule has 0 radical (unpaired) electrons. The van der Waals surface area contributed by atoms with Crippen LogP contribution in [0.15, 0.2) is 108 Å². The van der Waals surface area contributed by atoms with E-state index in [0.717, 1.165) is 29.1 Å². The number of allylic oxidation sites excluding steroid dienone is 1. The van der Waals surface area contributed by atoms with Crippen molar-refractivity contribution in [3.63, 3.8) is 0 Å². The highest BCUT2D eigenvalue weighted by Gasteiger charge is 2.42. The third-order valence-corrected chi connectivity index (χ3v) is 9.04. The van der Waals surface area contributed by atoms with Crippen LogP contribution in [-0.2, 0) is 22.6 Å². The molecule has 3 aliphatic rings. The summed E-state index contributed by atoms with van der Waals surface area (Å²) in [6.07, 6.45) is 1.84. The quantitative estimate of drug-likeness (QED) is 0.253. The number of para-hydroxylation sites is 3. The van der Waals surface area contributed by atoms with E-state index in [1.807, 2.05) is 64.4 Å². The van der Waals surface area contributed by atoms with Crippen molar-refractivity contribution in [3.05, 3.63) is 131 Å². The number of hydrogen-bond donors (Lipinski definition) is 1. The van der Waals surface area contributed by atoms with Crippen LogP contribution in [0.2, 0.25) is 0 Å². The van der Waals surface area contributed by atoms with Crippen molar-refractivity contribution in [2.75, 3.05) is 23.3 Å². The molecule has 4 aromatic carbocycles. The van der Waals surface area contributed by atoms with Crippen LogP contribution in [-0.4, -0.2) is 29.7 Å². The van der Waals surface area contributed by atoms with Crippen LogP contribution in [0.5, 0.6) is 11.5 Å². The number of hydrogen-bond acceptors (Lipinski definition) is 5. The molecule has 2 aliphatic heterocycles. The Kier molecular flexibility index (Phi) is 7.40. The number of carbonyl (C=O) groups excluding carboxylic acids is 2. The van der Waals surface area contributed by atoms with Crippen LogP contribution in [0.1, 0.15) is 49.4 Å². The van der Waals surface area contributed by atoms with Crippen LogP contribution in [0, 0.1) is 11.2 Å². The Morgan fingerprint density at radius 1 is 0.933 bits per heavy atom. The molecule has 0 bridgehead atoms. The first-order valence-electron chi connectivity index (χ1n) is 15.5. The van der Waals surface area contributed by atoms with Gasteiger partial charge < -0.3 is 19.9 Å². The Bertz CT molecular complexity index is 1820. The van der Waals surface area contributed by atoms with E-state index >= 15 is 4.39 Å². The number of nitrogens with one attached hydrogen (secondary N) is 1. The number of fused-ring (bicyclic) bond motifs is 2. The predicted molar refractivity (Wildman–Crippen MR) is 174 cm³/mol. The van der Waals surface area contributed by atoms with Gasteiger partial charge >= 0.3 is 0 Å². The minimum Gasteiger partial charge on any atom is -0.454 e. The molecule has 2 heterocycles. The summed E-state index contributed by atoms with van der Waals surface area (Å²) in [5.74, 6) is 0.0586. The van der Waals surface area contributed by atoms with Gasteiger partial charge in [-0.3, -0.25) is 9.59 Å². The molecule has 0 saturated carbocycles. The Morgan fingerprint density at radius 2 is 1.67 bits per heavy atom. The minimum absolute atomic E-state index is 0.0192. The molecule has 45 heavy (non-hydrogen) atoms. The minimum atomic E-state index is -0.639. The standard InChI is InChI=1S/C38H36FN3O3/c1-38(2)21-31-36(33(43)22-38)37(26-16-17-29(39)34(20-26)45-28-12-4-3-5-13-28)42(32-15-9-8-14-30(32)40-31)24-35(44)41-19-18-25-10-6-7-11-27(25)23-41/h3-17,20,37,40H,18-19,21-24H2,1-2H3. The lowest BCUT2D eigenvalue weighted by atomic mass is 9.73. The van der Waals surface area contributed by atoms with Gasteiger partial charge in [0.05, 0.1) is 24.0 Å². The Labute approximate surface area is 263 Å². The summed E-state index contributed by atoms with van der Waals surface area (Å²) in [5.41, 5.74) is 5.96. The summed E-state index contributed by atoms with van der Waals surface area (Å²) in [4.78, 5) is 32.2. The van der Waals surface area contributed by atoms with Crippen LogP contribution >= 0.6 is 0 Å². The predicted octanol–water partition coefficient (Wildman–Crippen LogP) is 7.82. The van der Waals surface area contributed by atoms with E-state index in [0.29, 0.717) is 42.8 Å². The second-order valence-corrected chi connectivity index (χ2v) is 12.9. The van der Waals surface area contributed by atoms with Crippen molar-refractivity contribution in [3.8, 4) is 11.5 Å². The Balaban J connectivity index is 1.34. The number of halogens is 1. The largest absolute Gasteiger partial charge is 0.454 e. The average molecular weight is 602 g/mol. The molecule has 1 N–H and O–H groups in total. The molecule has 0 fully saturated rings. The molecule has 1 unspecified atom stereocenters. The highest BCUT2D eigenvalue weighted by atomic mass is 19.1. The van der Waals surface area contributed by atoms with Gasteiger partial charge in [0.15, 0.2) is 17.3 Å². The number of nitrogens with zero attached hydrogens (tertiary/aromatic N) is 2. The van der Waals surface area contributed by atoms with E-state index in [9.17, 15) is 9.59 Å². The highest BCUT2D eigenvalue weighted by Crippen LogP contribution is 2.48. The molecule has 1 atom stereocenters. The maximum Gasteiger partial charge on any atom is 0.242 e. The van der Waals surface area contributed by atoms with E-state index < -0.39 is 11.9 Å². The molecule has 0 spiro atoms. The SMILES string of the molecule is CC1(C)CC(=O)C2=C(C1)Nc1ccccc1N(CC(=O)N1CCc3ccccc3C1)C2c1ccc(F)c(Oc2ccccc2)c1. The molecule has 7 heteroatoms. The molecule has 0 aromatic heterocycles. The van der Waals surface area contributed by atoms with Crippen molar-refractivity contribution in [2.24, 2.45) is 5.41 Å².